The molecule has 1 saturated heterocycles. The number of hydrogen-bond donors (Lipinski definition) is 2. The van der Waals surface area contributed by atoms with E-state index in [2.05, 4.69) is 0 Å². The fraction of sp³-hybridized carbons (Fsp3) is 0.429. The SMILES string of the molecule is NC(=O)CN(c1ccccc1)C1CCN(C(=O)O)CC1. The lowest BCUT2D eigenvalue weighted by Gasteiger charge is -2.38. The molecule has 3 N–H and O–H groups in total. The van der Waals surface area contributed by atoms with Crippen LogP contribution < -0.4 is 10.6 Å². The topological polar surface area (TPSA) is 86.9 Å². The zero-order valence-corrected chi connectivity index (χ0v) is 11.2. The van der Waals surface area contributed by atoms with E-state index in [1.165, 1.54) is 4.90 Å². The summed E-state index contributed by atoms with van der Waals surface area (Å²) in [6.45, 7) is 1.13. The van der Waals surface area contributed by atoms with E-state index >= 15 is 0 Å². The molecule has 1 aromatic rings. The molecule has 1 fully saturated rings. The molecule has 0 radical (unpaired) electrons. The Balaban J connectivity index is 2.09. The molecule has 1 aromatic carbocycles. The van der Waals surface area contributed by atoms with Gasteiger partial charge >= 0.3 is 6.09 Å². The van der Waals surface area contributed by atoms with Crippen LogP contribution in [0.25, 0.3) is 0 Å². The van der Waals surface area contributed by atoms with Crippen LogP contribution in [0.3, 0.4) is 0 Å². The summed E-state index contributed by atoms with van der Waals surface area (Å²) in [5, 5.41) is 8.96. The van der Waals surface area contributed by atoms with Gasteiger partial charge in [0.05, 0.1) is 6.54 Å². The van der Waals surface area contributed by atoms with Gasteiger partial charge in [0.25, 0.3) is 0 Å². The predicted octanol–water partition coefficient (Wildman–Crippen LogP) is 1.12. The standard InChI is InChI=1S/C14H19N3O3/c15-13(18)10-17(11-4-2-1-3-5-11)12-6-8-16(9-7-12)14(19)20/h1-5,12H,6-10H2,(H2,15,18)(H,19,20). The molecule has 0 unspecified atom stereocenters. The van der Waals surface area contributed by atoms with Crippen LogP contribution in [0, 0.1) is 0 Å². The van der Waals surface area contributed by atoms with Gasteiger partial charge in [-0.3, -0.25) is 4.79 Å². The average Bonchev–Trinajstić information content (AvgIpc) is 2.45. The van der Waals surface area contributed by atoms with E-state index in [1.807, 2.05) is 35.2 Å². The van der Waals surface area contributed by atoms with Crippen molar-refractivity contribution in [3.8, 4) is 0 Å². The molecular formula is C14H19N3O3. The Bertz CT molecular complexity index is 470. The lowest BCUT2D eigenvalue weighted by Crippen LogP contribution is -2.48. The second-order valence-corrected chi connectivity index (χ2v) is 4.93. The van der Waals surface area contributed by atoms with Gasteiger partial charge in [-0.15, -0.1) is 0 Å². The van der Waals surface area contributed by atoms with Crippen molar-refractivity contribution in [3.05, 3.63) is 30.3 Å². The van der Waals surface area contributed by atoms with Gasteiger partial charge < -0.3 is 20.6 Å². The lowest BCUT2D eigenvalue weighted by molar-refractivity contribution is -0.116. The van der Waals surface area contributed by atoms with Crippen LogP contribution in [0.2, 0.25) is 0 Å². The van der Waals surface area contributed by atoms with E-state index in [0.29, 0.717) is 25.9 Å². The highest BCUT2D eigenvalue weighted by molar-refractivity contribution is 5.79. The zero-order chi connectivity index (χ0) is 14.5. The van der Waals surface area contributed by atoms with Crippen LogP contribution in [0.4, 0.5) is 10.5 Å². The third-order valence-corrected chi connectivity index (χ3v) is 3.59. The van der Waals surface area contributed by atoms with Crippen molar-refractivity contribution in [1.29, 1.82) is 0 Å². The minimum Gasteiger partial charge on any atom is -0.465 e. The van der Waals surface area contributed by atoms with E-state index < -0.39 is 6.09 Å². The second-order valence-electron chi connectivity index (χ2n) is 4.93. The molecule has 1 aliphatic rings. The Labute approximate surface area is 117 Å². The van der Waals surface area contributed by atoms with Gasteiger partial charge in [0.1, 0.15) is 0 Å². The molecule has 20 heavy (non-hydrogen) atoms. The van der Waals surface area contributed by atoms with Crippen molar-refractivity contribution in [2.75, 3.05) is 24.5 Å². The van der Waals surface area contributed by atoms with Crippen LogP contribution in [-0.4, -0.2) is 47.7 Å². The van der Waals surface area contributed by atoms with Crippen molar-refractivity contribution in [3.63, 3.8) is 0 Å². The van der Waals surface area contributed by atoms with Crippen LogP contribution in [-0.2, 0) is 4.79 Å². The smallest absolute Gasteiger partial charge is 0.407 e. The molecule has 108 valence electrons. The lowest BCUT2D eigenvalue weighted by atomic mass is 10.0. The molecule has 6 heteroatoms. The first-order valence-corrected chi connectivity index (χ1v) is 6.66. The third kappa shape index (κ3) is 3.40. The second kappa shape index (κ2) is 6.27. The van der Waals surface area contributed by atoms with E-state index in [4.69, 9.17) is 10.8 Å². The number of carbonyl (C=O) groups is 2. The Kier molecular flexibility index (Phi) is 4.45. The van der Waals surface area contributed by atoms with Gasteiger partial charge in [-0.25, -0.2) is 4.79 Å². The highest BCUT2D eigenvalue weighted by Gasteiger charge is 2.27. The van der Waals surface area contributed by atoms with Crippen molar-refractivity contribution >= 4 is 17.7 Å². The summed E-state index contributed by atoms with van der Waals surface area (Å²) in [5.74, 6) is -0.380. The van der Waals surface area contributed by atoms with Gasteiger partial charge in [0.15, 0.2) is 0 Å². The molecule has 1 heterocycles. The summed E-state index contributed by atoms with van der Waals surface area (Å²) in [5.41, 5.74) is 6.27. The molecule has 0 spiro atoms. The van der Waals surface area contributed by atoms with Crippen molar-refractivity contribution < 1.29 is 14.7 Å². The fourth-order valence-corrected chi connectivity index (χ4v) is 2.59. The molecular weight excluding hydrogens is 258 g/mol. The Hall–Kier alpha value is -2.24. The average molecular weight is 277 g/mol. The van der Waals surface area contributed by atoms with E-state index in [0.717, 1.165) is 5.69 Å². The highest BCUT2D eigenvalue weighted by Crippen LogP contribution is 2.23. The van der Waals surface area contributed by atoms with Gasteiger partial charge in [0.2, 0.25) is 5.91 Å². The number of benzene rings is 1. The first-order valence-electron chi connectivity index (χ1n) is 6.66. The van der Waals surface area contributed by atoms with Crippen LogP contribution >= 0.6 is 0 Å². The summed E-state index contributed by atoms with van der Waals surface area (Å²) in [4.78, 5) is 25.6. The molecule has 0 aliphatic carbocycles. The molecule has 0 aromatic heterocycles. The third-order valence-electron chi connectivity index (χ3n) is 3.59. The maximum absolute atomic E-state index is 11.3. The van der Waals surface area contributed by atoms with Gasteiger partial charge in [-0.1, -0.05) is 18.2 Å². The zero-order valence-electron chi connectivity index (χ0n) is 11.2. The minimum atomic E-state index is -0.885. The predicted molar refractivity (Wildman–Crippen MR) is 75.6 cm³/mol. The molecule has 2 amide bonds. The van der Waals surface area contributed by atoms with Gasteiger partial charge in [-0.2, -0.15) is 0 Å². The van der Waals surface area contributed by atoms with Gasteiger partial charge in [0, 0.05) is 24.8 Å². The number of likely N-dealkylation sites (tertiary alicyclic amines) is 1. The number of hydrogen-bond acceptors (Lipinski definition) is 3. The number of nitrogens with zero attached hydrogens (tertiary/aromatic N) is 2. The maximum Gasteiger partial charge on any atom is 0.407 e. The number of amides is 2. The molecule has 0 bridgehead atoms. The summed E-state index contributed by atoms with van der Waals surface area (Å²) < 4.78 is 0. The van der Waals surface area contributed by atoms with Crippen molar-refractivity contribution in [2.45, 2.75) is 18.9 Å². The molecule has 0 atom stereocenters. The summed E-state index contributed by atoms with van der Waals surface area (Å²) in [6.07, 6.45) is 0.521. The number of piperidine rings is 1. The normalized spacial score (nSPS) is 15.9. The molecule has 0 saturated carbocycles. The number of nitrogens with two attached hydrogens (primary N) is 1. The summed E-state index contributed by atoms with van der Waals surface area (Å²) >= 11 is 0. The molecule has 6 nitrogen and oxygen atoms in total. The Morgan fingerprint density at radius 2 is 1.85 bits per heavy atom. The number of para-hydroxylation sites is 1. The van der Waals surface area contributed by atoms with Crippen LogP contribution in [0.1, 0.15) is 12.8 Å². The number of primary amides is 1. The van der Waals surface area contributed by atoms with Crippen LogP contribution in [0.5, 0.6) is 0 Å². The quantitative estimate of drug-likeness (QED) is 0.863. The summed E-state index contributed by atoms with van der Waals surface area (Å²) in [6, 6.07) is 9.75. The first kappa shape index (κ1) is 14.2. The number of anilines is 1. The maximum atomic E-state index is 11.3. The highest BCUT2D eigenvalue weighted by atomic mass is 16.4. The van der Waals surface area contributed by atoms with Crippen LogP contribution in [0.15, 0.2) is 30.3 Å². The number of carboxylic acid groups (broad SMARTS) is 1. The van der Waals surface area contributed by atoms with E-state index in [-0.39, 0.29) is 18.5 Å². The largest absolute Gasteiger partial charge is 0.465 e. The Morgan fingerprint density at radius 3 is 2.35 bits per heavy atom. The number of rotatable bonds is 4. The van der Waals surface area contributed by atoms with E-state index in [9.17, 15) is 9.59 Å². The molecule has 1 aliphatic heterocycles. The fourth-order valence-electron chi connectivity index (χ4n) is 2.59. The van der Waals surface area contributed by atoms with Crippen molar-refractivity contribution in [2.24, 2.45) is 5.73 Å². The monoisotopic (exact) mass is 277 g/mol. The summed E-state index contributed by atoms with van der Waals surface area (Å²) in [7, 11) is 0. The van der Waals surface area contributed by atoms with Gasteiger partial charge in [-0.05, 0) is 25.0 Å². The molecule has 2 rings (SSSR count). The van der Waals surface area contributed by atoms with Crippen molar-refractivity contribution in [1.82, 2.24) is 4.90 Å². The minimum absolute atomic E-state index is 0.139. The van der Waals surface area contributed by atoms with E-state index in [1.54, 1.807) is 0 Å². The first-order chi connectivity index (χ1) is 9.58. The Morgan fingerprint density at radius 1 is 1.25 bits per heavy atom. The number of carbonyl (C=O) groups excluding carboxylic acids is 1.